The first-order chi connectivity index (χ1) is 12.8. The SMILES string of the molecule is Cc1cccc(N2CCN(c3cnnc(NC4CCCCC4)n3)CC2)c1. The lowest BCUT2D eigenvalue weighted by Gasteiger charge is -2.36. The fourth-order valence-electron chi connectivity index (χ4n) is 3.96. The molecule has 1 saturated carbocycles. The quantitative estimate of drug-likeness (QED) is 0.911. The Kier molecular flexibility index (Phi) is 5.18. The van der Waals surface area contributed by atoms with Crippen molar-refractivity contribution < 1.29 is 0 Å². The number of aromatic nitrogens is 3. The van der Waals surface area contributed by atoms with Crippen molar-refractivity contribution in [2.75, 3.05) is 41.3 Å². The van der Waals surface area contributed by atoms with Crippen LogP contribution in [0.1, 0.15) is 37.7 Å². The van der Waals surface area contributed by atoms with Crippen molar-refractivity contribution in [1.29, 1.82) is 0 Å². The summed E-state index contributed by atoms with van der Waals surface area (Å²) >= 11 is 0. The number of anilines is 3. The molecule has 1 N–H and O–H groups in total. The molecule has 0 amide bonds. The summed E-state index contributed by atoms with van der Waals surface area (Å²) in [4.78, 5) is 9.48. The van der Waals surface area contributed by atoms with Crippen LogP contribution in [0.15, 0.2) is 30.5 Å². The van der Waals surface area contributed by atoms with Crippen LogP contribution in [-0.4, -0.2) is 47.4 Å². The van der Waals surface area contributed by atoms with Gasteiger partial charge in [-0.1, -0.05) is 31.4 Å². The van der Waals surface area contributed by atoms with Crippen molar-refractivity contribution in [2.45, 2.75) is 45.1 Å². The molecule has 138 valence electrons. The predicted octanol–water partition coefficient (Wildman–Crippen LogP) is 3.25. The molecule has 1 saturated heterocycles. The summed E-state index contributed by atoms with van der Waals surface area (Å²) in [6.45, 7) is 6.05. The van der Waals surface area contributed by atoms with Crippen LogP contribution in [0.25, 0.3) is 0 Å². The zero-order chi connectivity index (χ0) is 17.8. The minimum Gasteiger partial charge on any atom is -0.368 e. The van der Waals surface area contributed by atoms with E-state index in [0.29, 0.717) is 12.0 Å². The monoisotopic (exact) mass is 352 g/mol. The second-order valence-corrected chi connectivity index (χ2v) is 7.43. The molecular weight excluding hydrogens is 324 g/mol. The van der Waals surface area contributed by atoms with Gasteiger partial charge in [0.25, 0.3) is 0 Å². The number of aryl methyl sites for hydroxylation is 1. The Morgan fingerprint density at radius 1 is 1.00 bits per heavy atom. The molecule has 6 heteroatoms. The van der Waals surface area contributed by atoms with E-state index in [2.05, 4.69) is 56.5 Å². The van der Waals surface area contributed by atoms with E-state index in [0.717, 1.165) is 32.0 Å². The van der Waals surface area contributed by atoms with Crippen LogP contribution in [0.5, 0.6) is 0 Å². The minimum atomic E-state index is 0.499. The maximum atomic E-state index is 4.73. The summed E-state index contributed by atoms with van der Waals surface area (Å²) in [7, 11) is 0. The summed E-state index contributed by atoms with van der Waals surface area (Å²) in [6, 6.07) is 9.23. The van der Waals surface area contributed by atoms with E-state index in [1.165, 1.54) is 43.4 Å². The van der Waals surface area contributed by atoms with Crippen LogP contribution in [-0.2, 0) is 0 Å². The molecule has 4 rings (SSSR count). The Morgan fingerprint density at radius 3 is 2.54 bits per heavy atom. The Morgan fingerprint density at radius 2 is 1.77 bits per heavy atom. The van der Waals surface area contributed by atoms with Crippen LogP contribution in [0, 0.1) is 6.92 Å². The van der Waals surface area contributed by atoms with Gasteiger partial charge in [0.15, 0.2) is 5.82 Å². The van der Waals surface area contributed by atoms with E-state index in [1.807, 2.05) is 0 Å². The van der Waals surface area contributed by atoms with Crippen LogP contribution >= 0.6 is 0 Å². The van der Waals surface area contributed by atoms with Crippen molar-refractivity contribution in [3.63, 3.8) is 0 Å². The summed E-state index contributed by atoms with van der Waals surface area (Å²) in [5, 5.41) is 11.9. The van der Waals surface area contributed by atoms with Gasteiger partial charge in [0.1, 0.15) is 0 Å². The van der Waals surface area contributed by atoms with Gasteiger partial charge in [-0.15, -0.1) is 5.10 Å². The molecule has 1 aromatic heterocycles. The Balaban J connectivity index is 1.37. The van der Waals surface area contributed by atoms with Crippen molar-refractivity contribution in [2.24, 2.45) is 0 Å². The molecule has 0 unspecified atom stereocenters. The van der Waals surface area contributed by atoms with E-state index in [1.54, 1.807) is 6.20 Å². The first kappa shape index (κ1) is 17.1. The lowest BCUT2D eigenvalue weighted by atomic mass is 9.96. The van der Waals surface area contributed by atoms with Gasteiger partial charge >= 0.3 is 0 Å². The van der Waals surface area contributed by atoms with Crippen LogP contribution in [0.4, 0.5) is 17.5 Å². The van der Waals surface area contributed by atoms with Crippen LogP contribution in [0.3, 0.4) is 0 Å². The van der Waals surface area contributed by atoms with Crippen LogP contribution in [0.2, 0.25) is 0 Å². The van der Waals surface area contributed by atoms with Gasteiger partial charge in [0.2, 0.25) is 5.95 Å². The highest BCUT2D eigenvalue weighted by Gasteiger charge is 2.20. The Hall–Kier alpha value is -2.37. The molecule has 0 bridgehead atoms. The van der Waals surface area contributed by atoms with Crippen LogP contribution < -0.4 is 15.1 Å². The van der Waals surface area contributed by atoms with Gasteiger partial charge in [0.05, 0.1) is 6.20 Å². The molecule has 1 aromatic carbocycles. The number of hydrogen-bond acceptors (Lipinski definition) is 6. The number of piperazine rings is 1. The largest absolute Gasteiger partial charge is 0.368 e. The standard InChI is InChI=1S/C20H28N6/c1-16-6-5-9-18(14-16)25-10-12-26(13-11-25)19-15-21-24-20(23-19)22-17-7-3-2-4-8-17/h5-6,9,14-15,17H,2-4,7-8,10-13H2,1H3,(H,22,23,24). The van der Waals surface area contributed by atoms with Gasteiger partial charge in [-0.25, -0.2) is 0 Å². The second kappa shape index (κ2) is 7.89. The average molecular weight is 352 g/mol. The molecule has 1 aliphatic heterocycles. The lowest BCUT2D eigenvalue weighted by Crippen LogP contribution is -2.47. The normalized spacial score (nSPS) is 18.8. The highest BCUT2D eigenvalue weighted by molar-refractivity contribution is 5.51. The van der Waals surface area contributed by atoms with E-state index < -0.39 is 0 Å². The summed E-state index contributed by atoms with van der Waals surface area (Å²) in [5.41, 5.74) is 2.62. The van der Waals surface area contributed by atoms with Gasteiger partial charge in [-0.05, 0) is 37.5 Å². The molecule has 26 heavy (non-hydrogen) atoms. The highest BCUT2D eigenvalue weighted by Crippen LogP contribution is 2.22. The maximum absolute atomic E-state index is 4.73. The number of benzene rings is 1. The van der Waals surface area contributed by atoms with Crippen molar-refractivity contribution in [3.8, 4) is 0 Å². The molecular formula is C20H28N6. The molecule has 2 heterocycles. The van der Waals surface area contributed by atoms with Gasteiger partial charge in [-0.3, -0.25) is 0 Å². The number of nitrogens with one attached hydrogen (secondary N) is 1. The topological polar surface area (TPSA) is 57.2 Å². The fraction of sp³-hybridized carbons (Fsp3) is 0.550. The Bertz CT molecular complexity index is 720. The third-order valence-electron chi connectivity index (χ3n) is 5.45. The third-order valence-corrected chi connectivity index (χ3v) is 5.45. The summed E-state index contributed by atoms with van der Waals surface area (Å²) < 4.78 is 0. The molecule has 1 aliphatic carbocycles. The van der Waals surface area contributed by atoms with E-state index in [4.69, 9.17) is 4.98 Å². The number of rotatable bonds is 4. The zero-order valence-corrected chi connectivity index (χ0v) is 15.6. The minimum absolute atomic E-state index is 0.499. The molecule has 0 atom stereocenters. The molecule has 0 spiro atoms. The molecule has 6 nitrogen and oxygen atoms in total. The second-order valence-electron chi connectivity index (χ2n) is 7.43. The van der Waals surface area contributed by atoms with E-state index >= 15 is 0 Å². The predicted molar refractivity (Wildman–Crippen MR) is 106 cm³/mol. The number of nitrogens with zero attached hydrogens (tertiary/aromatic N) is 5. The van der Waals surface area contributed by atoms with Crippen molar-refractivity contribution >= 4 is 17.5 Å². The first-order valence-electron chi connectivity index (χ1n) is 9.81. The maximum Gasteiger partial charge on any atom is 0.244 e. The van der Waals surface area contributed by atoms with Gasteiger partial charge < -0.3 is 15.1 Å². The molecule has 2 fully saturated rings. The molecule has 2 aliphatic rings. The third kappa shape index (κ3) is 4.06. The molecule has 0 radical (unpaired) electrons. The van der Waals surface area contributed by atoms with E-state index in [-0.39, 0.29) is 0 Å². The smallest absolute Gasteiger partial charge is 0.244 e. The average Bonchev–Trinajstić information content (AvgIpc) is 2.69. The van der Waals surface area contributed by atoms with Crippen molar-refractivity contribution in [1.82, 2.24) is 15.2 Å². The Labute approximate surface area is 155 Å². The fourth-order valence-corrected chi connectivity index (χ4v) is 3.96. The zero-order valence-electron chi connectivity index (χ0n) is 15.6. The van der Waals surface area contributed by atoms with E-state index in [9.17, 15) is 0 Å². The summed E-state index contributed by atoms with van der Waals surface area (Å²) in [5.74, 6) is 1.61. The highest BCUT2D eigenvalue weighted by atomic mass is 15.3. The van der Waals surface area contributed by atoms with Crippen molar-refractivity contribution in [3.05, 3.63) is 36.0 Å². The van der Waals surface area contributed by atoms with Gasteiger partial charge in [-0.2, -0.15) is 10.1 Å². The number of hydrogen-bond donors (Lipinski definition) is 1. The van der Waals surface area contributed by atoms with Gasteiger partial charge in [0, 0.05) is 37.9 Å². The lowest BCUT2D eigenvalue weighted by molar-refractivity contribution is 0.460. The molecule has 2 aromatic rings. The summed E-state index contributed by atoms with van der Waals surface area (Å²) in [6.07, 6.45) is 8.15. The first-order valence-corrected chi connectivity index (χ1v) is 9.81.